The molecule has 1 aliphatic carbocycles. The van der Waals surface area contributed by atoms with Gasteiger partial charge in [0.05, 0.1) is 13.5 Å². The number of halogens is 1. The van der Waals surface area contributed by atoms with Crippen molar-refractivity contribution < 1.29 is 19.4 Å². The van der Waals surface area contributed by atoms with E-state index in [0.29, 0.717) is 29.2 Å². The largest absolute Gasteiger partial charge is 0.496 e. The predicted octanol–water partition coefficient (Wildman–Crippen LogP) is 3.58. The van der Waals surface area contributed by atoms with E-state index < -0.39 is 11.5 Å². The molecule has 0 atom stereocenters. The lowest BCUT2D eigenvalue weighted by atomic mass is 9.83. The number of carbonyl (C=O) groups is 2. The molecular weight excluding hydrogens is 330 g/mol. The van der Waals surface area contributed by atoms with Crippen molar-refractivity contribution in [3.63, 3.8) is 0 Å². The number of carboxylic acid groups (broad SMARTS) is 1. The summed E-state index contributed by atoms with van der Waals surface area (Å²) in [7, 11) is 1.51. The Hall–Kier alpha value is -1.75. The molecule has 6 heteroatoms. The van der Waals surface area contributed by atoms with Crippen molar-refractivity contribution in [1.29, 1.82) is 0 Å². The summed E-state index contributed by atoms with van der Waals surface area (Å²) in [5.41, 5.74) is -0.470. The number of aliphatic carboxylic acids is 1. The first-order chi connectivity index (χ1) is 11.5. The third-order valence-corrected chi connectivity index (χ3v) is 4.83. The second kappa shape index (κ2) is 8.38. The van der Waals surface area contributed by atoms with E-state index >= 15 is 0 Å². The van der Waals surface area contributed by atoms with Gasteiger partial charge in [0, 0.05) is 10.6 Å². The Kier molecular flexibility index (Phi) is 6.49. The van der Waals surface area contributed by atoms with E-state index in [0.717, 1.165) is 32.1 Å². The van der Waals surface area contributed by atoms with Gasteiger partial charge in [-0.15, -0.1) is 0 Å². The zero-order valence-electron chi connectivity index (χ0n) is 13.9. The fraction of sp³-hybridized carbons (Fsp3) is 0.556. The summed E-state index contributed by atoms with van der Waals surface area (Å²) < 4.78 is 5.25. The first-order valence-electron chi connectivity index (χ1n) is 8.34. The summed E-state index contributed by atoms with van der Waals surface area (Å²) >= 11 is 5.93. The van der Waals surface area contributed by atoms with Crippen molar-refractivity contribution >= 4 is 23.5 Å². The van der Waals surface area contributed by atoms with Crippen LogP contribution in [0.4, 0.5) is 0 Å². The maximum Gasteiger partial charge on any atom is 0.329 e. The highest BCUT2D eigenvalue weighted by Gasteiger charge is 2.39. The van der Waals surface area contributed by atoms with Gasteiger partial charge < -0.3 is 15.2 Å². The molecule has 5 nitrogen and oxygen atoms in total. The van der Waals surface area contributed by atoms with Crippen LogP contribution in [0.15, 0.2) is 18.2 Å². The lowest BCUT2D eigenvalue weighted by Gasteiger charge is -2.32. The second-order valence-electron chi connectivity index (χ2n) is 6.34. The molecule has 0 aliphatic heterocycles. The van der Waals surface area contributed by atoms with Crippen LogP contribution in [0.1, 0.15) is 50.5 Å². The minimum atomic E-state index is -1.16. The number of amides is 1. The predicted molar refractivity (Wildman–Crippen MR) is 92.5 cm³/mol. The number of hydrogen-bond donors (Lipinski definition) is 2. The molecule has 2 N–H and O–H groups in total. The first-order valence-corrected chi connectivity index (χ1v) is 8.71. The van der Waals surface area contributed by atoms with Gasteiger partial charge in [0.25, 0.3) is 0 Å². The Morgan fingerprint density at radius 3 is 2.42 bits per heavy atom. The third-order valence-electron chi connectivity index (χ3n) is 4.60. The maximum atomic E-state index is 12.5. The molecule has 2 rings (SSSR count). The summed E-state index contributed by atoms with van der Waals surface area (Å²) in [6, 6.07) is 5.06. The van der Waals surface area contributed by atoms with E-state index in [1.54, 1.807) is 18.2 Å². The molecule has 0 bridgehead atoms. The van der Waals surface area contributed by atoms with Gasteiger partial charge in [0.15, 0.2) is 0 Å². The number of carbonyl (C=O) groups excluding carboxylic acids is 1. The van der Waals surface area contributed by atoms with Crippen LogP contribution in [0.25, 0.3) is 0 Å². The standard InChI is InChI=1S/C18H24ClNO4/c1-24-15-12-14(19)8-7-13(15)11-16(21)20-18(17(22)23)9-5-3-2-4-6-10-18/h7-8,12H,2-6,9-11H2,1H3,(H,20,21)(H,22,23). The fourth-order valence-electron chi connectivity index (χ4n) is 3.25. The van der Waals surface area contributed by atoms with Gasteiger partial charge in [-0.1, -0.05) is 49.8 Å². The molecule has 1 fully saturated rings. The average molecular weight is 354 g/mol. The van der Waals surface area contributed by atoms with Gasteiger partial charge in [0.2, 0.25) is 5.91 Å². The molecule has 0 saturated heterocycles. The Morgan fingerprint density at radius 2 is 1.83 bits per heavy atom. The highest BCUT2D eigenvalue weighted by atomic mass is 35.5. The Bertz CT molecular complexity index is 595. The van der Waals surface area contributed by atoms with Gasteiger partial charge in [-0.25, -0.2) is 4.79 Å². The zero-order valence-corrected chi connectivity index (χ0v) is 14.7. The minimum Gasteiger partial charge on any atom is -0.496 e. The van der Waals surface area contributed by atoms with Crippen molar-refractivity contribution in [3.8, 4) is 5.75 Å². The van der Waals surface area contributed by atoms with Crippen LogP contribution in [0.3, 0.4) is 0 Å². The van der Waals surface area contributed by atoms with Gasteiger partial charge in [-0.2, -0.15) is 0 Å². The van der Waals surface area contributed by atoms with Crippen molar-refractivity contribution in [3.05, 3.63) is 28.8 Å². The van der Waals surface area contributed by atoms with E-state index in [2.05, 4.69) is 5.32 Å². The van der Waals surface area contributed by atoms with E-state index in [4.69, 9.17) is 16.3 Å². The summed E-state index contributed by atoms with van der Waals surface area (Å²) in [5.74, 6) is -0.723. The Balaban J connectivity index is 2.12. The number of rotatable bonds is 5. The van der Waals surface area contributed by atoms with Crippen LogP contribution in [0.2, 0.25) is 5.02 Å². The van der Waals surface area contributed by atoms with Crippen LogP contribution < -0.4 is 10.1 Å². The molecule has 0 heterocycles. The van der Waals surface area contributed by atoms with Crippen LogP contribution >= 0.6 is 11.6 Å². The van der Waals surface area contributed by atoms with E-state index in [1.807, 2.05) is 0 Å². The number of nitrogens with one attached hydrogen (secondary N) is 1. The molecule has 1 amide bonds. The Labute approximate surface area is 147 Å². The SMILES string of the molecule is COc1cc(Cl)ccc1CC(=O)NC1(C(=O)O)CCCCCCC1. The molecule has 0 radical (unpaired) electrons. The van der Waals surface area contributed by atoms with Crippen molar-refractivity contribution in [2.75, 3.05) is 7.11 Å². The average Bonchev–Trinajstić information content (AvgIpc) is 2.51. The van der Waals surface area contributed by atoms with E-state index in [1.165, 1.54) is 7.11 Å². The van der Waals surface area contributed by atoms with Crippen LogP contribution in [0.5, 0.6) is 5.75 Å². The molecule has 0 unspecified atom stereocenters. The molecular formula is C18H24ClNO4. The number of hydrogen-bond acceptors (Lipinski definition) is 3. The highest BCUT2D eigenvalue weighted by molar-refractivity contribution is 6.30. The highest BCUT2D eigenvalue weighted by Crippen LogP contribution is 2.28. The zero-order chi connectivity index (χ0) is 17.6. The lowest BCUT2D eigenvalue weighted by molar-refractivity contribution is -0.148. The summed E-state index contributed by atoms with van der Waals surface area (Å²) in [4.78, 5) is 24.3. The van der Waals surface area contributed by atoms with Gasteiger partial charge in [0.1, 0.15) is 11.3 Å². The normalized spacial score (nSPS) is 17.4. The van der Waals surface area contributed by atoms with E-state index in [9.17, 15) is 14.7 Å². The smallest absolute Gasteiger partial charge is 0.329 e. The molecule has 24 heavy (non-hydrogen) atoms. The third kappa shape index (κ3) is 4.63. The topological polar surface area (TPSA) is 75.6 Å². The fourth-order valence-corrected chi connectivity index (χ4v) is 3.41. The molecule has 132 valence electrons. The van der Waals surface area contributed by atoms with Crippen LogP contribution in [-0.2, 0) is 16.0 Å². The van der Waals surface area contributed by atoms with Gasteiger partial charge in [-0.3, -0.25) is 4.79 Å². The number of methoxy groups -OCH3 is 1. The van der Waals surface area contributed by atoms with Crippen LogP contribution in [-0.4, -0.2) is 29.6 Å². The monoisotopic (exact) mass is 353 g/mol. The minimum absolute atomic E-state index is 0.0649. The molecule has 1 saturated carbocycles. The maximum absolute atomic E-state index is 12.5. The number of benzene rings is 1. The Morgan fingerprint density at radius 1 is 1.21 bits per heavy atom. The quantitative estimate of drug-likeness (QED) is 0.848. The lowest BCUT2D eigenvalue weighted by Crippen LogP contribution is -2.55. The number of ether oxygens (including phenoxy) is 1. The summed E-state index contributed by atoms with van der Waals surface area (Å²) in [6.45, 7) is 0. The molecule has 1 aliphatic rings. The molecule has 0 aromatic heterocycles. The molecule has 1 aromatic carbocycles. The van der Waals surface area contributed by atoms with Gasteiger partial charge >= 0.3 is 5.97 Å². The summed E-state index contributed by atoms with van der Waals surface area (Å²) in [5, 5.41) is 13.0. The first kappa shape index (κ1) is 18.6. The summed E-state index contributed by atoms with van der Waals surface area (Å²) in [6.07, 6.45) is 5.80. The molecule has 0 spiro atoms. The van der Waals surface area contributed by atoms with Crippen molar-refractivity contribution in [2.24, 2.45) is 0 Å². The number of carboxylic acids is 1. The molecule has 1 aromatic rings. The van der Waals surface area contributed by atoms with Crippen molar-refractivity contribution in [1.82, 2.24) is 5.32 Å². The van der Waals surface area contributed by atoms with Gasteiger partial charge in [-0.05, 0) is 25.0 Å². The van der Waals surface area contributed by atoms with E-state index in [-0.39, 0.29) is 12.3 Å². The van der Waals surface area contributed by atoms with Crippen molar-refractivity contribution in [2.45, 2.75) is 56.9 Å². The second-order valence-corrected chi connectivity index (χ2v) is 6.77. The van der Waals surface area contributed by atoms with Crippen LogP contribution in [0, 0.1) is 0 Å².